The summed E-state index contributed by atoms with van der Waals surface area (Å²) < 4.78 is 30.9. The van der Waals surface area contributed by atoms with Crippen LogP contribution in [-0.2, 0) is 11.3 Å². The molecular weight excluding hydrogens is 214 g/mol. The number of rotatable bonds is 5. The topological polar surface area (TPSA) is 29.5 Å². The van der Waals surface area contributed by atoms with E-state index < -0.39 is 11.6 Å². The number of aliphatic hydroxyl groups is 1. The summed E-state index contributed by atoms with van der Waals surface area (Å²) in [4.78, 5) is 0. The van der Waals surface area contributed by atoms with Gasteiger partial charge < -0.3 is 9.84 Å². The van der Waals surface area contributed by atoms with Crippen molar-refractivity contribution in [1.29, 1.82) is 0 Å². The lowest BCUT2D eigenvalue weighted by Gasteiger charge is -2.21. The lowest BCUT2D eigenvalue weighted by molar-refractivity contribution is 0.0196. The molecule has 0 radical (unpaired) electrons. The largest absolute Gasteiger partial charge is 0.396 e. The maximum Gasteiger partial charge on any atom is 0.126 e. The van der Waals surface area contributed by atoms with Gasteiger partial charge in [0, 0.05) is 11.5 Å². The standard InChI is InChI=1S/C12H16F2O2/c1-12(2,7-15)8-16-6-9-3-10(13)5-11(14)4-9/h3-5,15H,6-8H2,1-2H3. The maximum absolute atomic E-state index is 12.8. The Labute approximate surface area is 93.9 Å². The highest BCUT2D eigenvalue weighted by molar-refractivity contribution is 5.16. The Kier molecular flexibility index (Phi) is 4.38. The highest BCUT2D eigenvalue weighted by atomic mass is 19.1. The number of hydrogen-bond acceptors (Lipinski definition) is 2. The van der Waals surface area contributed by atoms with E-state index in [0.717, 1.165) is 6.07 Å². The third-order valence-electron chi connectivity index (χ3n) is 2.11. The van der Waals surface area contributed by atoms with E-state index in [1.54, 1.807) is 0 Å². The molecule has 0 saturated heterocycles. The van der Waals surface area contributed by atoms with Crippen LogP contribution in [0.5, 0.6) is 0 Å². The molecule has 1 N–H and O–H groups in total. The van der Waals surface area contributed by atoms with E-state index in [4.69, 9.17) is 9.84 Å². The molecule has 90 valence electrons. The summed E-state index contributed by atoms with van der Waals surface area (Å²) >= 11 is 0. The second-order valence-electron chi connectivity index (χ2n) is 4.59. The summed E-state index contributed by atoms with van der Waals surface area (Å²) in [5.41, 5.74) is 0.109. The molecule has 1 aromatic rings. The summed E-state index contributed by atoms with van der Waals surface area (Å²) in [6.07, 6.45) is 0. The van der Waals surface area contributed by atoms with E-state index in [-0.39, 0.29) is 18.6 Å². The first-order valence-electron chi connectivity index (χ1n) is 5.06. The average Bonchev–Trinajstić information content (AvgIpc) is 2.16. The molecular formula is C12H16F2O2. The predicted molar refractivity (Wildman–Crippen MR) is 56.9 cm³/mol. The first-order chi connectivity index (χ1) is 7.43. The molecule has 0 aliphatic heterocycles. The van der Waals surface area contributed by atoms with Crippen LogP contribution in [-0.4, -0.2) is 18.3 Å². The zero-order valence-electron chi connectivity index (χ0n) is 9.46. The monoisotopic (exact) mass is 230 g/mol. The molecule has 0 heterocycles. The number of ether oxygens (including phenoxy) is 1. The van der Waals surface area contributed by atoms with Crippen molar-refractivity contribution < 1.29 is 18.6 Å². The molecule has 2 nitrogen and oxygen atoms in total. The molecule has 1 rings (SSSR count). The van der Waals surface area contributed by atoms with E-state index >= 15 is 0 Å². The lowest BCUT2D eigenvalue weighted by atomic mass is 9.97. The number of hydrogen-bond donors (Lipinski definition) is 1. The van der Waals surface area contributed by atoms with E-state index in [1.807, 2.05) is 13.8 Å². The van der Waals surface area contributed by atoms with Gasteiger partial charge in [0.05, 0.1) is 19.8 Å². The molecule has 0 aliphatic carbocycles. The molecule has 0 amide bonds. The lowest BCUT2D eigenvalue weighted by Crippen LogP contribution is -2.23. The van der Waals surface area contributed by atoms with Crippen LogP contribution in [0.4, 0.5) is 8.78 Å². The molecule has 4 heteroatoms. The fraction of sp³-hybridized carbons (Fsp3) is 0.500. The molecule has 0 aliphatic rings. The van der Waals surface area contributed by atoms with E-state index in [2.05, 4.69) is 0 Å². The molecule has 0 atom stereocenters. The van der Waals surface area contributed by atoms with Gasteiger partial charge in [0.25, 0.3) is 0 Å². The van der Waals surface area contributed by atoms with Gasteiger partial charge in [0.1, 0.15) is 11.6 Å². The molecule has 0 bridgehead atoms. The third kappa shape index (κ3) is 4.24. The third-order valence-corrected chi connectivity index (χ3v) is 2.11. The Morgan fingerprint density at radius 1 is 1.19 bits per heavy atom. The van der Waals surface area contributed by atoms with Gasteiger partial charge in [-0.05, 0) is 17.7 Å². The van der Waals surface area contributed by atoms with Crippen molar-refractivity contribution in [3.63, 3.8) is 0 Å². The highest BCUT2D eigenvalue weighted by Gasteiger charge is 2.16. The maximum atomic E-state index is 12.8. The normalized spacial score (nSPS) is 11.8. The summed E-state index contributed by atoms with van der Waals surface area (Å²) in [7, 11) is 0. The number of halogens is 2. The second kappa shape index (κ2) is 5.37. The van der Waals surface area contributed by atoms with Crippen molar-refractivity contribution in [2.24, 2.45) is 5.41 Å². The van der Waals surface area contributed by atoms with Crippen LogP contribution in [0, 0.1) is 17.0 Å². The van der Waals surface area contributed by atoms with Gasteiger partial charge in [-0.3, -0.25) is 0 Å². The van der Waals surface area contributed by atoms with Gasteiger partial charge in [-0.2, -0.15) is 0 Å². The minimum absolute atomic E-state index is 0.00448. The van der Waals surface area contributed by atoms with Crippen LogP contribution in [0.3, 0.4) is 0 Å². The molecule has 16 heavy (non-hydrogen) atoms. The van der Waals surface area contributed by atoms with Crippen LogP contribution in [0.25, 0.3) is 0 Å². The zero-order valence-corrected chi connectivity index (χ0v) is 9.46. The van der Waals surface area contributed by atoms with Gasteiger partial charge >= 0.3 is 0 Å². The van der Waals surface area contributed by atoms with Gasteiger partial charge in [-0.15, -0.1) is 0 Å². The highest BCUT2D eigenvalue weighted by Crippen LogP contribution is 2.15. The van der Waals surface area contributed by atoms with Crippen molar-refractivity contribution in [1.82, 2.24) is 0 Å². The van der Waals surface area contributed by atoms with Gasteiger partial charge in [-0.1, -0.05) is 13.8 Å². The second-order valence-corrected chi connectivity index (χ2v) is 4.59. The number of aliphatic hydroxyl groups excluding tert-OH is 1. The minimum atomic E-state index is -0.611. The smallest absolute Gasteiger partial charge is 0.126 e. The first-order valence-corrected chi connectivity index (χ1v) is 5.06. The average molecular weight is 230 g/mol. The molecule has 1 aromatic carbocycles. The van der Waals surface area contributed by atoms with Crippen molar-refractivity contribution in [3.05, 3.63) is 35.4 Å². The molecule has 0 fully saturated rings. The minimum Gasteiger partial charge on any atom is -0.396 e. The van der Waals surface area contributed by atoms with E-state index in [9.17, 15) is 8.78 Å². The molecule has 0 spiro atoms. The fourth-order valence-electron chi connectivity index (χ4n) is 1.19. The van der Waals surface area contributed by atoms with Gasteiger partial charge in [-0.25, -0.2) is 8.78 Å². The van der Waals surface area contributed by atoms with Crippen molar-refractivity contribution in [2.45, 2.75) is 20.5 Å². The Balaban J connectivity index is 2.49. The van der Waals surface area contributed by atoms with Crippen molar-refractivity contribution in [3.8, 4) is 0 Å². The molecule has 0 aromatic heterocycles. The predicted octanol–water partition coefficient (Wildman–Crippen LogP) is 2.50. The quantitative estimate of drug-likeness (QED) is 0.842. The van der Waals surface area contributed by atoms with E-state index in [0.29, 0.717) is 12.2 Å². The van der Waals surface area contributed by atoms with E-state index in [1.165, 1.54) is 12.1 Å². The van der Waals surface area contributed by atoms with Crippen LogP contribution in [0.2, 0.25) is 0 Å². The van der Waals surface area contributed by atoms with Crippen LogP contribution >= 0.6 is 0 Å². The molecule has 0 saturated carbocycles. The van der Waals surface area contributed by atoms with Crippen LogP contribution < -0.4 is 0 Å². The summed E-state index contributed by atoms with van der Waals surface area (Å²) in [6.45, 7) is 4.17. The molecule has 0 unspecified atom stereocenters. The van der Waals surface area contributed by atoms with Gasteiger partial charge in [0.2, 0.25) is 0 Å². The SMILES string of the molecule is CC(C)(CO)COCc1cc(F)cc(F)c1. The summed E-state index contributed by atoms with van der Waals surface area (Å²) in [5, 5.41) is 8.98. The summed E-state index contributed by atoms with van der Waals surface area (Å²) in [6, 6.07) is 3.28. The fourth-order valence-corrected chi connectivity index (χ4v) is 1.19. The van der Waals surface area contributed by atoms with Crippen molar-refractivity contribution >= 4 is 0 Å². The van der Waals surface area contributed by atoms with Crippen LogP contribution in [0.15, 0.2) is 18.2 Å². The Morgan fingerprint density at radius 2 is 1.75 bits per heavy atom. The van der Waals surface area contributed by atoms with Crippen molar-refractivity contribution in [2.75, 3.05) is 13.2 Å². The zero-order chi connectivity index (χ0) is 12.2. The Morgan fingerprint density at radius 3 is 2.25 bits per heavy atom. The first kappa shape index (κ1) is 13.1. The Hall–Kier alpha value is -1.00. The van der Waals surface area contributed by atoms with Crippen LogP contribution in [0.1, 0.15) is 19.4 Å². The van der Waals surface area contributed by atoms with Gasteiger partial charge in [0.15, 0.2) is 0 Å². The summed E-state index contributed by atoms with van der Waals surface area (Å²) in [5.74, 6) is -1.22. The number of benzene rings is 1. The Bertz CT molecular complexity index is 331.